The molecule has 0 saturated heterocycles. The Morgan fingerprint density at radius 2 is 2.12 bits per heavy atom. The summed E-state index contributed by atoms with van der Waals surface area (Å²) < 4.78 is 40.2. The Morgan fingerprint density at radius 1 is 1.40 bits per heavy atom. The Labute approximate surface area is 145 Å². The maximum atomic E-state index is 12.9. The van der Waals surface area contributed by atoms with Crippen LogP contribution in [0.1, 0.15) is 23.7 Å². The minimum absolute atomic E-state index is 0.116. The lowest BCUT2D eigenvalue weighted by molar-refractivity contribution is -0.139. The molecule has 0 aliphatic rings. The number of rotatable bonds is 7. The minimum Gasteiger partial charge on any atom is -0.387 e. The van der Waals surface area contributed by atoms with Gasteiger partial charge in [-0.2, -0.15) is 13.2 Å². The maximum Gasteiger partial charge on any atom is 0.416 e. The van der Waals surface area contributed by atoms with E-state index in [4.69, 9.17) is 0 Å². The van der Waals surface area contributed by atoms with Gasteiger partial charge in [0, 0.05) is 25.8 Å². The molecule has 0 bridgehead atoms. The molecule has 0 saturated carbocycles. The molecule has 2 rings (SSSR count). The number of hydrogen-bond acceptors (Lipinski definition) is 6. The number of aliphatic hydroxyl groups is 1. The fraction of sp³-hybridized carbons (Fsp3) is 0.429. The molecule has 1 heterocycles. The molecule has 0 radical (unpaired) electrons. The summed E-state index contributed by atoms with van der Waals surface area (Å²) in [6, 6.07) is 4.74. The Hall–Kier alpha value is -2.14. The Kier molecular flexibility index (Phi) is 6.37. The number of amides is 1. The summed E-state index contributed by atoms with van der Waals surface area (Å²) in [7, 11) is 1.66. The number of carbonyl (C=O) groups excluding carboxylic acids is 1. The first-order valence-electron chi connectivity index (χ1n) is 7.25. The second-order valence-corrected chi connectivity index (χ2v) is 6.15. The first kappa shape index (κ1) is 19.2. The second-order valence-electron chi connectivity index (χ2n) is 5.09. The van der Waals surface area contributed by atoms with E-state index in [-0.39, 0.29) is 24.4 Å². The van der Waals surface area contributed by atoms with Crippen molar-refractivity contribution in [1.82, 2.24) is 25.5 Å². The molecule has 1 aromatic carbocycles. The number of aliphatic hydroxyl groups excluding tert-OH is 1. The van der Waals surface area contributed by atoms with Crippen molar-refractivity contribution >= 4 is 17.7 Å². The number of hydrogen-bond donors (Lipinski definition) is 2. The van der Waals surface area contributed by atoms with Crippen LogP contribution in [0.4, 0.5) is 13.2 Å². The lowest BCUT2D eigenvalue weighted by atomic mass is 10.0. The van der Waals surface area contributed by atoms with Gasteiger partial charge in [0.2, 0.25) is 11.1 Å². The third-order valence-electron chi connectivity index (χ3n) is 3.26. The normalized spacial score (nSPS) is 12.8. The molecule has 0 aliphatic heterocycles. The van der Waals surface area contributed by atoms with E-state index in [1.165, 1.54) is 34.6 Å². The van der Waals surface area contributed by atoms with Crippen LogP contribution in [0.3, 0.4) is 0 Å². The fourth-order valence-electron chi connectivity index (χ4n) is 2.03. The van der Waals surface area contributed by atoms with Gasteiger partial charge in [0.1, 0.15) is 0 Å². The zero-order valence-corrected chi connectivity index (χ0v) is 14.0. The van der Waals surface area contributed by atoms with Crippen LogP contribution in [0.15, 0.2) is 29.4 Å². The van der Waals surface area contributed by atoms with Crippen LogP contribution in [-0.4, -0.2) is 43.5 Å². The number of aromatic nitrogens is 4. The van der Waals surface area contributed by atoms with Crippen LogP contribution in [-0.2, 0) is 18.0 Å². The van der Waals surface area contributed by atoms with Crippen molar-refractivity contribution in [3.63, 3.8) is 0 Å². The van der Waals surface area contributed by atoms with Crippen molar-refractivity contribution in [1.29, 1.82) is 0 Å². The van der Waals surface area contributed by atoms with E-state index in [1.54, 1.807) is 7.05 Å². The van der Waals surface area contributed by atoms with E-state index in [0.29, 0.717) is 10.9 Å². The Balaban J connectivity index is 1.83. The van der Waals surface area contributed by atoms with E-state index in [1.807, 2.05) is 0 Å². The largest absolute Gasteiger partial charge is 0.416 e. The van der Waals surface area contributed by atoms with Gasteiger partial charge in [-0.3, -0.25) is 4.79 Å². The van der Waals surface area contributed by atoms with Crippen molar-refractivity contribution in [2.24, 2.45) is 7.05 Å². The molecule has 0 aliphatic carbocycles. The molecule has 0 spiro atoms. The number of halogens is 3. The average Bonchev–Trinajstić information content (AvgIpc) is 2.97. The Morgan fingerprint density at radius 3 is 2.76 bits per heavy atom. The summed E-state index contributed by atoms with van der Waals surface area (Å²) in [6.45, 7) is -0.303. The van der Waals surface area contributed by atoms with Crippen LogP contribution in [0, 0.1) is 0 Å². The summed E-state index contributed by atoms with van der Waals surface area (Å²) in [5.74, 6) is 0.0149. The van der Waals surface area contributed by atoms with Crippen molar-refractivity contribution in [3.05, 3.63) is 35.4 Å². The number of alkyl halides is 3. The first-order valence-corrected chi connectivity index (χ1v) is 8.23. The average molecular weight is 375 g/mol. The van der Waals surface area contributed by atoms with Crippen LogP contribution < -0.4 is 5.32 Å². The molecule has 1 unspecified atom stereocenters. The van der Waals surface area contributed by atoms with Crippen LogP contribution >= 0.6 is 11.8 Å². The molecular weight excluding hydrogens is 359 g/mol. The molecule has 11 heteroatoms. The number of aryl methyl sites for hydroxylation is 1. The van der Waals surface area contributed by atoms with Gasteiger partial charge in [-0.25, -0.2) is 4.68 Å². The number of carbonyl (C=O) groups is 1. The summed E-state index contributed by atoms with van der Waals surface area (Å²) >= 11 is 1.27. The highest BCUT2D eigenvalue weighted by Crippen LogP contribution is 2.34. The lowest BCUT2D eigenvalue weighted by Gasteiger charge is -2.17. The Bertz CT molecular complexity index is 722. The number of tetrazole rings is 1. The zero-order chi connectivity index (χ0) is 18.4. The zero-order valence-electron chi connectivity index (χ0n) is 13.2. The summed E-state index contributed by atoms with van der Waals surface area (Å²) in [4.78, 5) is 11.8. The molecule has 1 aromatic heterocycles. The molecule has 1 amide bonds. The molecule has 7 nitrogen and oxygen atoms in total. The van der Waals surface area contributed by atoms with Gasteiger partial charge in [0.05, 0.1) is 11.7 Å². The van der Waals surface area contributed by atoms with E-state index in [9.17, 15) is 23.1 Å². The molecule has 2 N–H and O–H groups in total. The van der Waals surface area contributed by atoms with Crippen molar-refractivity contribution in [3.8, 4) is 0 Å². The predicted molar refractivity (Wildman–Crippen MR) is 83.6 cm³/mol. The van der Waals surface area contributed by atoms with E-state index in [0.717, 1.165) is 6.07 Å². The lowest BCUT2D eigenvalue weighted by Crippen LogP contribution is -2.29. The van der Waals surface area contributed by atoms with Gasteiger partial charge >= 0.3 is 6.18 Å². The standard InChI is InChI=1S/C14H16F3N5O2S/c1-22-13(19-20-21-22)25-7-6-12(24)18-8-11(23)9-4-2-3-5-10(9)14(15,16)17/h2-5,11,23H,6-8H2,1H3,(H,18,24). The van der Waals surface area contributed by atoms with Crippen LogP contribution in [0.5, 0.6) is 0 Å². The highest BCUT2D eigenvalue weighted by Gasteiger charge is 2.34. The van der Waals surface area contributed by atoms with Crippen LogP contribution in [0.25, 0.3) is 0 Å². The number of benzene rings is 1. The molecule has 1 atom stereocenters. The quantitative estimate of drug-likeness (QED) is 0.714. The summed E-state index contributed by atoms with van der Waals surface area (Å²) in [6.07, 6.45) is -5.90. The first-order chi connectivity index (χ1) is 11.8. The summed E-state index contributed by atoms with van der Waals surface area (Å²) in [5, 5.41) is 23.8. The van der Waals surface area contributed by atoms with Crippen molar-refractivity contribution in [2.45, 2.75) is 23.9 Å². The molecule has 136 valence electrons. The van der Waals surface area contributed by atoms with Crippen LogP contribution in [0.2, 0.25) is 0 Å². The fourth-order valence-corrected chi connectivity index (χ4v) is 2.82. The summed E-state index contributed by atoms with van der Waals surface area (Å²) in [5.41, 5.74) is -1.18. The van der Waals surface area contributed by atoms with Gasteiger partial charge in [-0.15, -0.1) is 5.10 Å². The smallest absolute Gasteiger partial charge is 0.387 e. The van der Waals surface area contributed by atoms with Gasteiger partial charge < -0.3 is 10.4 Å². The number of nitrogens with one attached hydrogen (secondary N) is 1. The molecule has 0 fully saturated rings. The van der Waals surface area contributed by atoms with Gasteiger partial charge in [-0.05, 0) is 22.1 Å². The molecule has 25 heavy (non-hydrogen) atoms. The highest BCUT2D eigenvalue weighted by atomic mass is 32.2. The minimum atomic E-state index is -4.57. The monoisotopic (exact) mass is 375 g/mol. The number of thioether (sulfide) groups is 1. The molecular formula is C14H16F3N5O2S. The van der Waals surface area contributed by atoms with Crippen molar-refractivity contribution < 1.29 is 23.1 Å². The van der Waals surface area contributed by atoms with Gasteiger partial charge in [0.25, 0.3) is 0 Å². The topological polar surface area (TPSA) is 92.9 Å². The SMILES string of the molecule is Cn1nnnc1SCCC(=O)NCC(O)c1ccccc1C(F)(F)F. The number of nitrogens with zero attached hydrogens (tertiary/aromatic N) is 4. The van der Waals surface area contributed by atoms with E-state index >= 15 is 0 Å². The highest BCUT2D eigenvalue weighted by molar-refractivity contribution is 7.99. The maximum absolute atomic E-state index is 12.9. The second kappa shape index (κ2) is 8.30. The third-order valence-corrected chi connectivity index (χ3v) is 4.27. The van der Waals surface area contributed by atoms with E-state index in [2.05, 4.69) is 20.8 Å². The third kappa shape index (κ3) is 5.43. The van der Waals surface area contributed by atoms with Gasteiger partial charge in [-0.1, -0.05) is 30.0 Å². The van der Waals surface area contributed by atoms with Crippen molar-refractivity contribution in [2.75, 3.05) is 12.3 Å². The van der Waals surface area contributed by atoms with Gasteiger partial charge in [0.15, 0.2) is 0 Å². The van der Waals surface area contributed by atoms with E-state index < -0.39 is 17.8 Å². The molecule has 2 aromatic rings. The predicted octanol–water partition coefficient (Wildman–Crippen LogP) is 1.56.